The fraction of sp³-hybridized carbons (Fsp3) is 0.333. The van der Waals surface area contributed by atoms with Crippen molar-refractivity contribution in [2.24, 2.45) is 5.92 Å². The predicted molar refractivity (Wildman–Crippen MR) is 69.5 cm³/mol. The van der Waals surface area contributed by atoms with Crippen molar-refractivity contribution in [2.45, 2.75) is 18.3 Å². The van der Waals surface area contributed by atoms with Crippen LogP contribution in [0.4, 0.5) is 4.79 Å². The maximum atomic E-state index is 11.8. The molecule has 2 fully saturated rings. The van der Waals surface area contributed by atoms with Crippen molar-refractivity contribution in [3.63, 3.8) is 0 Å². The van der Waals surface area contributed by atoms with E-state index in [0.717, 1.165) is 16.9 Å². The van der Waals surface area contributed by atoms with Gasteiger partial charge in [-0.2, -0.15) is 0 Å². The average molecular weight is 288 g/mol. The van der Waals surface area contributed by atoms with Crippen molar-refractivity contribution in [1.82, 2.24) is 0 Å². The normalized spacial score (nSPS) is 32.7. The summed E-state index contributed by atoms with van der Waals surface area (Å²) >= 11 is 0. The highest BCUT2D eigenvalue weighted by atomic mass is 16.8. The first-order valence-corrected chi connectivity index (χ1v) is 6.61. The number of benzene rings is 1. The van der Waals surface area contributed by atoms with Gasteiger partial charge in [-0.1, -0.05) is 18.2 Å². The van der Waals surface area contributed by atoms with E-state index in [1.165, 1.54) is 0 Å². The third-order valence-electron chi connectivity index (χ3n) is 4.05. The van der Waals surface area contributed by atoms with Crippen LogP contribution in [0.25, 0.3) is 5.57 Å². The van der Waals surface area contributed by atoms with Gasteiger partial charge in [-0.25, -0.2) is 4.79 Å². The second kappa shape index (κ2) is 4.25. The lowest BCUT2D eigenvalue weighted by Gasteiger charge is -2.39. The zero-order valence-electron chi connectivity index (χ0n) is 11.1. The number of hydrogen-bond acceptors (Lipinski definition) is 6. The van der Waals surface area contributed by atoms with Gasteiger partial charge in [0.1, 0.15) is 11.7 Å². The number of hydrogen-bond donors (Lipinski definition) is 0. The number of fused-ring (bicyclic) bond motifs is 1. The van der Waals surface area contributed by atoms with E-state index in [9.17, 15) is 9.59 Å². The molecule has 1 aromatic rings. The third kappa shape index (κ3) is 1.72. The van der Waals surface area contributed by atoms with Crippen LogP contribution in [0.3, 0.4) is 0 Å². The fourth-order valence-corrected chi connectivity index (χ4v) is 3.04. The van der Waals surface area contributed by atoms with Gasteiger partial charge in [-0.05, 0) is 17.7 Å². The van der Waals surface area contributed by atoms with Gasteiger partial charge >= 0.3 is 12.1 Å². The molecule has 0 amide bonds. The summed E-state index contributed by atoms with van der Waals surface area (Å²) in [5, 5.41) is 0. The Kier molecular flexibility index (Phi) is 2.48. The number of ether oxygens (including phenoxy) is 4. The molecule has 21 heavy (non-hydrogen) atoms. The molecule has 6 nitrogen and oxygen atoms in total. The van der Waals surface area contributed by atoms with Gasteiger partial charge in [0.25, 0.3) is 0 Å². The zero-order valence-corrected chi connectivity index (χ0v) is 11.1. The van der Waals surface area contributed by atoms with Crippen molar-refractivity contribution >= 4 is 17.7 Å². The van der Waals surface area contributed by atoms with Crippen LogP contribution in [0.5, 0.6) is 5.75 Å². The Morgan fingerprint density at radius 3 is 2.43 bits per heavy atom. The van der Waals surface area contributed by atoms with Gasteiger partial charge in [0.15, 0.2) is 18.3 Å². The molecule has 0 N–H and O–H groups in total. The lowest BCUT2D eigenvalue weighted by molar-refractivity contribution is -0.169. The minimum absolute atomic E-state index is 0.378. The maximum Gasteiger partial charge on any atom is 0.509 e. The first kappa shape index (κ1) is 12.3. The van der Waals surface area contributed by atoms with Crippen LogP contribution < -0.4 is 4.74 Å². The molecule has 6 heteroatoms. The zero-order chi connectivity index (χ0) is 14.6. The Labute approximate surface area is 120 Å². The molecule has 1 aromatic carbocycles. The smallest absolute Gasteiger partial charge is 0.497 e. The maximum absolute atomic E-state index is 11.8. The summed E-state index contributed by atoms with van der Waals surface area (Å²) < 4.78 is 20.7. The summed E-state index contributed by atoms with van der Waals surface area (Å²) in [6.07, 6.45) is -0.704. The van der Waals surface area contributed by atoms with E-state index >= 15 is 0 Å². The summed E-state index contributed by atoms with van der Waals surface area (Å²) in [7, 11) is 1.60. The Morgan fingerprint density at radius 1 is 1.00 bits per heavy atom. The fourth-order valence-electron chi connectivity index (χ4n) is 3.04. The molecule has 0 aromatic heterocycles. The molecule has 0 unspecified atom stereocenters. The highest BCUT2D eigenvalue weighted by Crippen LogP contribution is 2.43. The first-order chi connectivity index (χ1) is 10.2. The summed E-state index contributed by atoms with van der Waals surface area (Å²) in [4.78, 5) is 23.2. The minimum Gasteiger partial charge on any atom is -0.497 e. The SMILES string of the molecule is COc1ccc(C2=C[C@@H]3C(=O)O[C@H]2[C@@H]2OC(=O)O[C@@H]23)cc1. The second-order valence-electron chi connectivity index (χ2n) is 5.15. The highest BCUT2D eigenvalue weighted by molar-refractivity contribution is 5.88. The van der Waals surface area contributed by atoms with Gasteiger partial charge in [0, 0.05) is 5.57 Å². The van der Waals surface area contributed by atoms with Crippen LogP contribution in [0.15, 0.2) is 30.3 Å². The molecule has 4 aliphatic rings. The van der Waals surface area contributed by atoms with Crippen LogP contribution in [-0.2, 0) is 19.0 Å². The molecule has 5 rings (SSSR count). The van der Waals surface area contributed by atoms with Crippen molar-refractivity contribution in [3.05, 3.63) is 35.9 Å². The number of rotatable bonds is 2. The van der Waals surface area contributed by atoms with Gasteiger partial charge in [0.05, 0.1) is 7.11 Å². The molecule has 0 spiro atoms. The molecule has 3 heterocycles. The van der Waals surface area contributed by atoms with E-state index in [4.69, 9.17) is 18.9 Å². The summed E-state index contributed by atoms with van der Waals surface area (Å²) in [5.41, 5.74) is 1.74. The quantitative estimate of drug-likeness (QED) is 0.769. The lowest BCUT2D eigenvalue weighted by Crippen LogP contribution is -2.54. The third-order valence-corrected chi connectivity index (χ3v) is 4.05. The average Bonchev–Trinajstić information content (AvgIpc) is 2.90. The summed E-state index contributed by atoms with van der Waals surface area (Å²) in [5.74, 6) is -0.244. The molecule has 2 bridgehead atoms. The molecule has 3 aliphatic heterocycles. The predicted octanol–water partition coefficient (Wildman–Crippen LogP) is 1.54. The Balaban J connectivity index is 1.73. The van der Waals surface area contributed by atoms with Crippen LogP contribution in [-0.4, -0.2) is 37.5 Å². The Bertz CT molecular complexity index is 647. The molecular weight excluding hydrogens is 276 g/mol. The molecule has 4 atom stereocenters. The van der Waals surface area contributed by atoms with E-state index in [1.807, 2.05) is 24.3 Å². The van der Waals surface area contributed by atoms with Crippen molar-refractivity contribution < 1.29 is 28.5 Å². The molecular formula is C15H12O6. The second-order valence-corrected chi connectivity index (χ2v) is 5.15. The standard InChI is InChI=1S/C15H12O6/c1-18-8-4-2-7(3-5-8)9-6-10-12-13(21-15(17)20-12)11(9)19-14(10)16/h2-6,10-13H,1H3/t10-,11+,12+,13-/m0/s1. The Morgan fingerprint density at radius 2 is 1.71 bits per heavy atom. The van der Waals surface area contributed by atoms with Crippen LogP contribution >= 0.6 is 0 Å². The topological polar surface area (TPSA) is 71.1 Å². The summed E-state index contributed by atoms with van der Waals surface area (Å²) in [6.45, 7) is 0. The van der Waals surface area contributed by atoms with Crippen molar-refractivity contribution in [1.29, 1.82) is 0 Å². The molecule has 0 saturated carbocycles. The van der Waals surface area contributed by atoms with Crippen molar-refractivity contribution in [3.8, 4) is 5.75 Å². The number of carbonyl (C=O) groups excluding carboxylic acids is 2. The molecule has 108 valence electrons. The number of methoxy groups -OCH3 is 1. The Hall–Kier alpha value is -2.50. The molecule has 1 aliphatic carbocycles. The van der Waals surface area contributed by atoms with Crippen LogP contribution in [0.1, 0.15) is 5.56 Å². The first-order valence-electron chi connectivity index (χ1n) is 6.61. The van der Waals surface area contributed by atoms with Crippen LogP contribution in [0.2, 0.25) is 0 Å². The molecule has 2 saturated heterocycles. The molecule has 0 radical (unpaired) electrons. The monoisotopic (exact) mass is 288 g/mol. The highest BCUT2D eigenvalue weighted by Gasteiger charge is 2.58. The van der Waals surface area contributed by atoms with Crippen molar-refractivity contribution in [2.75, 3.05) is 7.11 Å². The van der Waals surface area contributed by atoms with E-state index in [2.05, 4.69) is 0 Å². The summed E-state index contributed by atoms with van der Waals surface area (Å²) in [6, 6.07) is 7.42. The van der Waals surface area contributed by atoms with Crippen LogP contribution in [0, 0.1) is 5.92 Å². The van der Waals surface area contributed by atoms with Gasteiger partial charge < -0.3 is 18.9 Å². The number of carbonyl (C=O) groups is 2. The van der Waals surface area contributed by atoms with E-state index in [-0.39, 0.29) is 5.97 Å². The number of esters is 1. The van der Waals surface area contributed by atoms with Gasteiger partial charge in [-0.3, -0.25) is 4.79 Å². The van der Waals surface area contributed by atoms with Gasteiger partial charge in [0.2, 0.25) is 0 Å². The van der Waals surface area contributed by atoms with E-state index < -0.39 is 30.4 Å². The van der Waals surface area contributed by atoms with E-state index in [0.29, 0.717) is 0 Å². The van der Waals surface area contributed by atoms with E-state index in [1.54, 1.807) is 13.2 Å². The lowest BCUT2D eigenvalue weighted by atomic mass is 9.78. The van der Waals surface area contributed by atoms with Gasteiger partial charge in [-0.15, -0.1) is 0 Å². The largest absolute Gasteiger partial charge is 0.509 e. The minimum atomic E-state index is -0.748.